The predicted molar refractivity (Wildman–Crippen MR) is 101 cm³/mol. The number of aromatic nitrogens is 1. The van der Waals surface area contributed by atoms with Crippen LogP contribution in [0, 0.1) is 12.8 Å². The van der Waals surface area contributed by atoms with E-state index in [2.05, 4.69) is 46.1 Å². The highest BCUT2D eigenvalue weighted by molar-refractivity contribution is 9.10. The fourth-order valence-corrected chi connectivity index (χ4v) is 3.40. The molecule has 1 amide bonds. The normalized spacial score (nSPS) is 15.4. The minimum absolute atomic E-state index is 0.0260. The van der Waals surface area contributed by atoms with Crippen molar-refractivity contribution in [3.63, 3.8) is 0 Å². The third kappa shape index (κ3) is 3.96. The molecule has 1 fully saturated rings. The minimum Gasteiger partial charge on any atom is -0.355 e. The van der Waals surface area contributed by atoms with Crippen molar-refractivity contribution < 1.29 is 4.79 Å². The van der Waals surface area contributed by atoms with E-state index in [0.29, 0.717) is 11.6 Å². The third-order valence-corrected chi connectivity index (χ3v) is 5.01. The van der Waals surface area contributed by atoms with Gasteiger partial charge in [0.1, 0.15) is 5.69 Å². The summed E-state index contributed by atoms with van der Waals surface area (Å²) in [6.07, 6.45) is 3.83. The van der Waals surface area contributed by atoms with E-state index in [4.69, 9.17) is 0 Å². The molecule has 5 heteroatoms. The first-order chi connectivity index (χ1) is 11.5. The first kappa shape index (κ1) is 17.0. The molecule has 0 radical (unpaired) electrons. The smallest absolute Gasteiger partial charge is 0.272 e. The number of benzene rings is 1. The highest BCUT2D eigenvalue weighted by Gasteiger charge is 2.22. The van der Waals surface area contributed by atoms with Crippen molar-refractivity contribution in [2.45, 2.75) is 26.7 Å². The zero-order valence-corrected chi connectivity index (χ0v) is 15.6. The maximum absolute atomic E-state index is 12.7. The second kappa shape index (κ2) is 7.34. The van der Waals surface area contributed by atoms with E-state index >= 15 is 0 Å². The lowest BCUT2D eigenvalue weighted by atomic mass is 9.99. The Bertz CT molecular complexity index is 739. The van der Waals surface area contributed by atoms with E-state index in [0.717, 1.165) is 47.3 Å². The number of carbonyl (C=O) groups is 1. The van der Waals surface area contributed by atoms with Gasteiger partial charge in [0.05, 0.1) is 0 Å². The molecule has 1 aromatic carbocycles. The first-order valence-corrected chi connectivity index (χ1v) is 9.11. The number of halogens is 1. The third-order valence-electron chi connectivity index (χ3n) is 4.52. The Morgan fingerprint density at radius 3 is 2.71 bits per heavy atom. The van der Waals surface area contributed by atoms with Crippen LogP contribution in [0.25, 0.3) is 0 Å². The monoisotopic (exact) mass is 387 g/mol. The number of anilines is 2. The molecule has 2 heterocycles. The molecule has 0 bridgehead atoms. The maximum atomic E-state index is 12.7. The highest BCUT2D eigenvalue weighted by Crippen LogP contribution is 2.24. The number of likely N-dealkylation sites (tertiary alicyclic amines) is 1. The van der Waals surface area contributed by atoms with Crippen LogP contribution in [0.5, 0.6) is 0 Å². The van der Waals surface area contributed by atoms with Crippen molar-refractivity contribution in [1.29, 1.82) is 0 Å². The zero-order chi connectivity index (χ0) is 17.1. The van der Waals surface area contributed by atoms with Crippen molar-refractivity contribution in [2.75, 3.05) is 18.4 Å². The number of piperidine rings is 1. The van der Waals surface area contributed by atoms with Gasteiger partial charge in [0.25, 0.3) is 5.91 Å². The topological polar surface area (TPSA) is 45.2 Å². The average Bonchev–Trinajstić information content (AvgIpc) is 2.58. The molecule has 0 unspecified atom stereocenters. The lowest BCUT2D eigenvalue weighted by molar-refractivity contribution is 0.0691. The number of rotatable bonds is 3. The molecule has 1 aliphatic rings. The number of pyridine rings is 1. The summed E-state index contributed by atoms with van der Waals surface area (Å²) in [7, 11) is 0. The Morgan fingerprint density at radius 2 is 2.00 bits per heavy atom. The van der Waals surface area contributed by atoms with Crippen molar-refractivity contribution in [1.82, 2.24) is 9.88 Å². The number of hydrogen-bond donors (Lipinski definition) is 1. The minimum atomic E-state index is 0.0260. The van der Waals surface area contributed by atoms with Gasteiger partial charge in [-0.3, -0.25) is 9.78 Å². The van der Waals surface area contributed by atoms with Gasteiger partial charge in [-0.1, -0.05) is 22.9 Å². The van der Waals surface area contributed by atoms with Crippen molar-refractivity contribution in [2.24, 2.45) is 5.92 Å². The molecule has 0 saturated carbocycles. The number of carbonyl (C=O) groups excluding carboxylic acids is 1. The summed E-state index contributed by atoms with van der Waals surface area (Å²) in [4.78, 5) is 18.8. The average molecular weight is 388 g/mol. The van der Waals surface area contributed by atoms with Crippen LogP contribution in [0.2, 0.25) is 0 Å². The number of nitrogens with one attached hydrogen (secondary N) is 1. The summed E-state index contributed by atoms with van der Waals surface area (Å²) in [5.41, 5.74) is 3.54. The highest BCUT2D eigenvalue weighted by atomic mass is 79.9. The molecule has 1 aliphatic heterocycles. The van der Waals surface area contributed by atoms with Gasteiger partial charge in [-0.25, -0.2) is 0 Å². The number of aryl methyl sites for hydroxylation is 1. The largest absolute Gasteiger partial charge is 0.355 e. The summed E-state index contributed by atoms with van der Waals surface area (Å²) in [5.74, 6) is 0.730. The molecule has 0 aliphatic carbocycles. The van der Waals surface area contributed by atoms with Gasteiger partial charge >= 0.3 is 0 Å². The summed E-state index contributed by atoms with van der Waals surface area (Å²) in [5, 5.41) is 3.37. The standard InChI is InChI=1S/C19H22BrN3O/c1-13-6-9-23(10-7-13)19(24)18-12-16(5-8-21-18)22-17-4-3-15(20)11-14(17)2/h3-5,8,11-13H,6-7,9-10H2,1-2H3,(H,21,22). The first-order valence-electron chi connectivity index (χ1n) is 8.31. The Hall–Kier alpha value is -1.88. The van der Waals surface area contributed by atoms with Gasteiger partial charge in [-0.2, -0.15) is 0 Å². The van der Waals surface area contributed by atoms with Crippen molar-refractivity contribution in [3.8, 4) is 0 Å². The Labute approximate surface area is 151 Å². The molecule has 1 aromatic heterocycles. The molecule has 4 nitrogen and oxygen atoms in total. The number of hydrogen-bond acceptors (Lipinski definition) is 3. The molecule has 24 heavy (non-hydrogen) atoms. The van der Waals surface area contributed by atoms with Crippen LogP contribution < -0.4 is 5.32 Å². The van der Waals surface area contributed by atoms with Gasteiger partial charge in [0.15, 0.2) is 0 Å². The van der Waals surface area contributed by atoms with E-state index in [-0.39, 0.29) is 5.91 Å². The van der Waals surface area contributed by atoms with E-state index in [9.17, 15) is 4.79 Å². The maximum Gasteiger partial charge on any atom is 0.272 e. The van der Waals surface area contributed by atoms with Crippen LogP contribution in [0.4, 0.5) is 11.4 Å². The lowest BCUT2D eigenvalue weighted by Crippen LogP contribution is -2.38. The van der Waals surface area contributed by atoms with E-state index in [1.165, 1.54) is 0 Å². The summed E-state index contributed by atoms with van der Waals surface area (Å²) >= 11 is 3.47. The quantitative estimate of drug-likeness (QED) is 0.824. The van der Waals surface area contributed by atoms with Crippen LogP contribution in [0.1, 0.15) is 35.8 Å². The Balaban J connectivity index is 1.75. The Morgan fingerprint density at radius 1 is 1.25 bits per heavy atom. The molecule has 1 saturated heterocycles. The van der Waals surface area contributed by atoms with Crippen LogP contribution >= 0.6 is 15.9 Å². The second-order valence-corrected chi connectivity index (χ2v) is 7.40. The van der Waals surface area contributed by atoms with Gasteiger partial charge in [0.2, 0.25) is 0 Å². The number of amides is 1. The van der Waals surface area contributed by atoms with Gasteiger partial charge in [-0.05, 0) is 61.6 Å². The predicted octanol–water partition coefficient (Wildman–Crippen LogP) is 4.77. The van der Waals surface area contributed by atoms with Crippen LogP contribution in [-0.4, -0.2) is 28.9 Å². The second-order valence-electron chi connectivity index (χ2n) is 6.49. The molecule has 3 rings (SSSR count). The fourth-order valence-electron chi connectivity index (χ4n) is 2.92. The SMILES string of the molecule is Cc1cc(Br)ccc1Nc1ccnc(C(=O)N2CCC(C)CC2)c1. The van der Waals surface area contributed by atoms with Gasteiger partial charge in [0, 0.05) is 35.1 Å². The molecular weight excluding hydrogens is 366 g/mol. The van der Waals surface area contributed by atoms with E-state index in [1.54, 1.807) is 6.20 Å². The molecule has 0 atom stereocenters. The Kier molecular flexibility index (Phi) is 5.19. The fraction of sp³-hybridized carbons (Fsp3) is 0.368. The molecular formula is C19H22BrN3O. The van der Waals surface area contributed by atoms with Crippen LogP contribution in [0.3, 0.4) is 0 Å². The summed E-state index contributed by atoms with van der Waals surface area (Å²) in [6.45, 7) is 5.94. The zero-order valence-electron chi connectivity index (χ0n) is 14.1. The van der Waals surface area contributed by atoms with Crippen molar-refractivity contribution >= 4 is 33.2 Å². The van der Waals surface area contributed by atoms with Crippen LogP contribution in [0.15, 0.2) is 41.0 Å². The summed E-state index contributed by atoms with van der Waals surface area (Å²) in [6, 6.07) is 9.80. The lowest BCUT2D eigenvalue weighted by Gasteiger charge is -2.30. The summed E-state index contributed by atoms with van der Waals surface area (Å²) < 4.78 is 1.05. The van der Waals surface area contributed by atoms with Crippen LogP contribution in [-0.2, 0) is 0 Å². The van der Waals surface area contributed by atoms with Gasteiger partial charge in [-0.15, -0.1) is 0 Å². The van der Waals surface area contributed by atoms with E-state index < -0.39 is 0 Å². The van der Waals surface area contributed by atoms with Gasteiger partial charge < -0.3 is 10.2 Å². The molecule has 2 aromatic rings. The number of nitrogens with zero attached hydrogens (tertiary/aromatic N) is 2. The van der Waals surface area contributed by atoms with Crippen molar-refractivity contribution in [3.05, 3.63) is 52.3 Å². The molecule has 0 spiro atoms. The van der Waals surface area contributed by atoms with E-state index in [1.807, 2.05) is 29.2 Å². The molecule has 1 N–H and O–H groups in total. The molecule has 126 valence electrons.